The molecular formula is C15H18N2O. The van der Waals surface area contributed by atoms with Gasteiger partial charge in [-0.25, -0.2) is 0 Å². The van der Waals surface area contributed by atoms with Gasteiger partial charge in [-0.2, -0.15) is 0 Å². The van der Waals surface area contributed by atoms with Crippen LogP contribution in [-0.4, -0.2) is 7.11 Å². The molecule has 0 saturated heterocycles. The number of anilines is 1. The summed E-state index contributed by atoms with van der Waals surface area (Å²) in [5, 5.41) is 3.39. The third-order valence-corrected chi connectivity index (χ3v) is 2.77. The Hall–Kier alpha value is -2.00. The minimum atomic E-state index is 0.804. The molecule has 2 rings (SSSR count). The summed E-state index contributed by atoms with van der Waals surface area (Å²) in [4.78, 5) is 0. The van der Waals surface area contributed by atoms with Crippen molar-refractivity contribution in [3.8, 4) is 5.75 Å². The summed E-state index contributed by atoms with van der Waals surface area (Å²) in [6.45, 7) is 1.65. The first-order chi connectivity index (χ1) is 8.78. The molecule has 0 saturated carbocycles. The first-order valence-corrected chi connectivity index (χ1v) is 5.96. The van der Waals surface area contributed by atoms with E-state index in [1.165, 1.54) is 11.1 Å². The van der Waals surface area contributed by atoms with Crippen LogP contribution in [0, 0.1) is 0 Å². The molecule has 2 aromatic rings. The van der Waals surface area contributed by atoms with Gasteiger partial charge in [0, 0.05) is 18.8 Å². The van der Waals surface area contributed by atoms with Gasteiger partial charge < -0.3 is 15.8 Å². The van der Waals surface area contributed by atoms with Crippen molar-refractivity contribution in [3.05, 3.63) is 59.7 Å². The van der Waals surface area contributed by atoms with Gasteiger partial charge in [0.2, 0.25) is 0 Å². The molecule has 3 nitrogen and oxygen atoms in total. The molecule has 0 bridgehead atoms. The average molecular weight is 242 g/mol. The van der Waals surface area contributed by atoms with Crippen LogP contribution in [0.25, 0.3) is 0 Å². The van der Waals surface area contributed by atoms with E-state index in [0.29, 0.717) is 0 Å². The van der Waals surface area contributed by atoms with E-state index in [1.807, 2.05) is 30.3 Å². The molecule has 0 atom stereocenters. The van der Waals surface area contributed by atoms with E-state index >= 15 is 0 Å². The Labute approximate surface area is 108 Å². The van der Waals surface area contributed by atoms with Crippen LogP contribution in [0.2, 0.25) is 0 Å². The Kier molecular flexibility index (Phi) is 4.20. The molecule has 0 radical (unpaired) electrons. The number of rotatable bonds is 5. The van der Waals surface area contributed by atoms with Gasteiger partial charge in [0.05, 0.1) is 7.11 Å². The van der Waals surface area contributed by atoms with Crippen molar-refractivity contribution in [3.63, 3.8) is 0 Å². The maximum Gasteiger partial charge on any atom is 0.118 e. The summed E-state index contributed by atoms with van der Waals surface area (Å²) < 4.78 is 5.12. The van der Waals surface area contributed by atoms with Crippen molar-refractivity contribution >= 4 is 5.69 Å². The normalized spacial score (nSPS) is 10.3. The van der Waals surface area contributed by atoms with E-state index < -0.39 is 0 Å². The van der Waals surface area contributed by atoms with Gasteiger partial charge in [-0.3, -0.25) is 0 Å². The molecule has 0 aliphatic rings. The quantitative estimate of drug-likeness (QED) is 0.792. The number of hydrogen-bond donors (Lipinski definition) is 2. The first kappa shape index (κ1) is 12.5. The summed E-state index contributed by atoms with van der Waals surface area (Å²) in [5.41, 5.74) is 8.97. The van der Waals surface area contributed by atoms with Crippen LogP contribution in [0.3, 0.4) is 0 Å². The molecule has 94 valence electrons. The van der Waals surface area contributed by atoms with Gasteiger partial charge in [0.15, 0.2) is 0 Å². The highest BCUT2D eigenvalue weighted by Crippen LogP contribution is 2.11. The average Bonchev–Trinajstić information content (AvgIpc) is 2.40. The smallest absolute Gasteiger partial charge is 0.118 e. The van der Waals surface area contributed by atoms with E-state index in [1.54, 1.807) is 7.11 Å². The predicted octanol–water partition coefficient (Wildman–Crippen LogP) is 2.57. The van der Waals surface area contributed by atoms with Crippen LogP contribution < -0.4 is 15.8 Å². The SMILES string of the molecule is COc1ccc(CNCc2cccc(N)c2)cc1. The van der Waals surface area contributed by atoms with Gasteiger partial charge in [-0.15, -0.1) is 0 Å². The van der Waals surface area contributed by atoms with Crippen molar-refractivity contribution < 1.29 is 4.74 Å². The molecule has 3 N–H and O–H groups in total. The van der Waals surface area contributed by atoms with E-state index in [-0.39, 0.29) is 0 Å². The zero-order valence-electron chi connectivity index (χ0n) is 10.5. The summed E-state index contributed by atoms with van der Waals surface area (Å²) in [6, 6.07) is 16.0. The minimum absolute atomic E-state index is 0.804. The number of hydrogen-bond acceptors (Lipinski definition) is 3. The van der Waals surface area contributed by atoms with E-state index in [2.05, 4.69) is 23.5 Å². The van der Waals surface area contributed by atoms with Crippen LogP contribution in [0.1, 0.15) is 11.1 Å². The molecule has 0 aliphatic carbocycles. The van der Waals surface area contributed by atoms with E-state index in [0.717, 1.165) is 24.5 Å². The fraction of sp³-hybridized carbons (Fsp3) is 0.200. The molecule has 18 heavy (non-hydrogen) atoms. The second-order valence-corrected chi connectivity index (χ2v) is 4.20. The number of nitrogens with one attached hydrogen (secondary N) is 1. The van der Waals surface area contributed by atoms with Gasteiger partial charge in [0.25, 0.3) is 0 Å². The Bertz CT molecular complexity index is 494. The molecule has 0 fully saturated rings. The minimum Gasteiger partial charge on any atom is -0.497 e. The van der Waals surface area contributed by atoms with Crippen molar-refractivity contribution in [1.29, 1.82) is 0 Å². The molecule has 0 amide bonds. The van der Waals surface area contributed by atoms with Gasteiger partial charge in [-0.1, -0.05) is 24.3 Å². The van der Waals surface area contributed by atoms with Crippen molar-refractivity contribution in [2.75, 3.05) is 12.8 Å². The highest BCUT2D eigenvalue weighted by atomic mass is 16.5. The van der Waals surface area contributed by atoms with Crippen molar-refractivity contribution in [1.82, 2.24) is 5.32 Å². The molecule has 0 spiro atoms. The number of ether oxygens (including phenoxy) is 1. The maximum absolute atomic E-state index is 5.73. The van der Waals surface area contributed by atoms with Crippen molar-refractivity contribution in [2.45, 2.75) is 13.1 Å². The van der Waals surface area contributed by atoms with Crippen molar-refractivity contribution in [2.24, 2.45) is 0 Å². The number of nitrogens with two attached hydrogens (primary N) is 1. The third kappa shape index (κ3) is 3.50. The number of nitrogen functional groups attached to an aromatic ring is 1. The van der Waals surface area contributed by atoms with Crippen LogP contribution in [0.4, 0.5) is 5.69 Å². The zero-order chi connectivity index (χ0) is 12.8. The lowest BCUT2D eigenvalue weighted by Crippen LogP contribution is -2.12. The molecule has 0 aliphatic heterocycles. The molecule has 2 aromatic carbocycles. The monoisotopic (exact) mass is 242 g/mol. The second-order valence-electron chi connectivity index (χ2n) is 4.20. The highest BCUT2D eigenvalue weighted by Gasteiger charge is 1.96. The Morgan fingerprint density at radius 3 is 2.39 bits per heavy atom. The predicted molar refractivity (Wildman–Crippen MR) is 74.4 cm³/mol. The maximum atomic E-state index is 5.73. The summed E-state index contributed by atoms with van der Waals surface area (Å²) >= 11 is 0. The van der Waals surface area contributed by atoms with Crippen LogP contribution in [0.15, 0.2) is 48.5 Å². The van der Waals surface area contributed by atoms with E-state index in [4.69, 9.17) is 10.5 Å². The Balaban J connectivity index is 1.84. The third-order valence-electron chi connectivity index (χ3n) is 2.77. The largest absolute Gasteiger partial charge is 0.497 e. The summed E-state index contributed by atoms with van der Waals surface area (Å²) in [5.74, 6) is 0.884. The van der Waals surface area contributed by atoms with Crippen LogP contribution >= 0.6 is 0 Å². The van der Waals surface area contributed by atoms with Gasteiger partial charge in [0.1, 0.15) is 5.75 Å². The molecule has 0 unspecified atom stereocenters. The van der Waals surface area contributed by atoms with Crippen LogP contribution in [-0.2, 0) is 13.1 Å². The lowest BCUT2D eigenvalue weighted by atomic mass is 10.2. The fourth-order valence-electron chi connectivity index (χ4n) is 1.80. The Morgan fingerprint density at radius 2 is 1.72 bits per heavy atom. The van der Waals surface area contributed by atoms with Gasteiger partial charge in [-0.05, 0) is 35.4 Å². The summed E-state index contributed by atoms with van der Waals surface area (Å²) in [6.07, 6.45) is 0. The molecule has 0 heterocycles. The Morgan fingerprint density at radius 1 is 1.00 bits per heavy atom. The first-order valence-electron chi connectivity index (χ1n) is 5.96. The molecule has 3 heteroatoms. The van der Waals surface area contributed by atoms with Crippen LogP contribution in [0.5, 0.6) is 5.75 Å². The topological polar surface area (TPSA) is 47.3 Å². The molecule has 0 aromatic heterocycles. The van der Waals surface area contributed by atoms with Gasteiger partial charge >= 0.3 is 0 Å². The standard InChI is InChI=1S/C15H18N2O/c1-18-15-7-5-12(6-8-15)10-17-11-13-3-2-4-14(16)9-13/h2-9,17H,10-11,16H2,1H3. The fourth-order valence-corrected chi connectivity index (χ4v) is 1.80. The lowest BCUT2D eigenvalue weighted by Gasteiger charge is -2.06. The molecular weight excluding hydrogens is 224 g/mol. The zero-order valence-corrected chi connectivity index (χ0v) is 10.5. The second kappa shape index (κ2) is 6.07. The number of methoxy groups -OCH3 is 1. The van der Waals surface area contributed by atoms with E-state index in [9.17, 15) is 0 Å². The number of benzene rings is 2. The summed E-state index contributed by atoms with van der Waals surface area (Å²) in [7, 11) is 1.67. The lowest BCUT2D eigenvalue weighted by molar-refractivity contribution is 0.414. The highest BCUT2D eigenvalue weighted by molar-refractivity contribution is 5.40.